The van der Waals surface area contributed by atoms with Gasteiger partial charge in [-0.05, 0) is 26.0 Å². The smallest absolute Gasteiger partial charge is 0.269 e. The zero-order chi connectivity index (χ0) is 16.0. The van der Waals surface area contributed by atoms with Crippen molar-refractivity contribution in [1.29, 1.82) is 0 Å². The molecule has 0 aliphatic carbocycles. The Morgan fingerprint density at radius 3 is 2.38 bits per heavy atom. The number of thioether (sulfide) groups is 1. The first kappa shape index (κ1) is 17.0. The summed E-state index contributed by atoms with van der Waals surface area (Å²) in [6.07, 6.45) is 0. The molecular weight excluding hydrogens is 294 g/mol. The molecular formula is C13H17N3O4S. The highest BCUT2D eigenvalue weighted by molar-refractivity contribution is 8.00. The van der Waals surface area contributed by atoms with Gasteiger partial charge in [0, 0.05) is 23.6 Å². The van der Waals surface area contributed by atoms with Crippen LogP contribution in [0.25, 0.3) is 0 Å². The third-order valence-electron chi connectivity index (χ3n) is 2.81. The zero-order valence-corrected chi connectivity index (χ0v) is 12.6. The molecule has 0 saturated heterocycles. The summed E-state index contributed by atoms with van der Waals surface area (Å²) in [6, 6.07) is 5.94. The van der Waals surface area contributed by atoms with Crippen LogP contribution in [0.5, 0.6) is 0 Å². The largest absolute Gasteiger partial charge is 0.369 e. The van der Waals surface area contributed by atoms with Crippen LogP contribution < -0.4 is 11.1 Å². The molecule has 0 aliphatic heterocycles. The molecule has 21 heavy (non-hydrogen) atoms. The van der Waals surface area contributed by atoms with Crippen LogP contribution >= 0.6 is 11.8 Å². The van der Waals surface area contributed by atoms with Crippen molar-refractivity contribution in [2.45, 2.75) is 18.7 Å². The van der Waals surface area contributed by atoms with Crippen molar-refractivity contribution < 1.29 is 14.5 Å². The molecule has 7 nitrogen and oxygen atoms in total. The van der Waals surface area contributed by atoms with Crippen molar-refractivity contribution in [1.82, 2.24) is 5.32 Å². The van der Waals surface area contributed by atoms with Gasteiger partial charge in [0.25, 0.3) is 5.69 Å². The molecule has 1 rings (SSSR count). The second kappa shape index (κ2) is 7.07. The van der Waals surface area contributed by atoms with E-state index in [9.17, 15) is 19.7 Å². The number of nitro groups is 1. The van der Waals surface area contributed by atoms with E-state index < -0.39 is 16.2 Å². The number of nitrogens with two attached hydrogens (primary N) is 1. The standard InChI is InChI=1S/C13H17N3O4S/c1-13(2,12(14)18)8-15-11(17)7-21-10-5-3-9(4-6-10)16(19)20/h3-6H,7-8H2,1-2H3,(H2,14,18)(H,15,17). The lowest BCUT2D eigenvalue weighted by Crippen LogP contribution is -2.42. The maximum Gasteiger partial charge on any atom is 0.269 e. The van der Waals surface area contributed by atoms with E-state index in [0.717, 1.165) is 4.90 Å². The van der Waals surface area contributed by atoms with Crippen LogP contribution in [0.2, 0.25) is 0 Å². The Balaban J connectivity index is 2.43. The molecule has 0 radical (unpaired) electrons. The summed E-state index contributed by atoms with van der Waals surface area (Å²) < 4.78 is 0. The van der Waals surface area contributed by atoms with Gasteiger partial charge in [0.2, 0.25) is 11.8 Å². The molecule has 0 aromatic heterocycles. The quantitative estimate of drug-likeness (QED) is 0.447. The van der Waals surface area contributed by atoms with Gasteiger partial charge in [-0.3, -0.25) is 19.7 Å². The van der Waals surface area contributed by atoms with E-state index in [0.29, 0.717) is 0 Å². The Morgan fingerprint density at radius 1 is 1.33 bits per heavy atom. The van der Waals surface area contributed by atoms with Crippen molar-refractivity contribution in [3.8, 4) is 0 Å². The fourth-order valence-electron chi connectivity index (χ4n) is 1.27. The van der Waals surface area contributed by atoms with Gasteiger partial charge in [-0.25, -0.2) is 0 Å². The van der Waals surface area contributed by atoms with Crippen LogP contribution in [-0.4, -0.2) is 29.0 Å². The van der Waals surface area contributed by atoms with Gasteiger partial charge < -0.3 is 11.1 Å². The van der Waals surface area contributed by atoms with E-state index in [1.807, 2.05) is 0 Å². The van der Waals surface area contributed by atoms with E-state index in [2.05, 4.69) is 5.32 Å². The number of hydrogen-bond acceptors (Lipinski definition) is 5. The Labute approximate surface area is 126 Å². The van der Waals surface area contributed by atoms with Crippen LogP contribution in [0, 0.1) is 15.5 Å². The third kappa shape index (κ3) is 5.42. The number of carbonyl (C=O) groups is 2. The molecule has 0 saturated carbocycles. The number of amides is 2. The predicted molar refractivity (Wildman–Crippen MR) is 79.8 cm³/mol. The molecule has 3 N–H and O–H groups in total. The van der Waals surface area contributed by atoms with Gasteiger partial charge in [-0.2, -0.15) is 0 Å². The van der Waals surface area contributed by atoms with Gasteiger partial charge in [-0.15, -0.1) is 11.8 Å². The first-order chi connectivity index (χ1) is 9.72. The number of benzene rings is 1. The first-order valence-corrected chi connectivity index (χ1v) is 7.15. The minimum atomic E-state index is -0.798. The molecule has 0 heterocycles. The van der Waals surface area contributed by atoms with Crippen LogP contribution in [0.15, 0.2) is 29.2 Å². The molecule has 0 spiro atoms. The number of hydrogen-bond donors (Lipinski definition) is 2. The average molecular weight is 311 g/mol. The number of carbonyl (C=O) groups excluding carboxylic acids is 2. The Bertz CT molecular complexity index is 543. The maximum atomic E-state index is 11.7. The number of non-ortho nitro benzene ring substituents is 1. The van der Waals surface area contributed by atoms with E-state index >= 15 is 0 Å². The lowest BCUT2D eigenvalue weighted by Gasteiger charge is -2.20. The van der Waals surface area contributed by atoms with E-state index in [1.165, 1.54) is 23.9 Å². The second-order valence-corrected chi connectivity index (χ2v) is 6.11. The lowest BCUT2D eigenvalue weighted by atomic mass is 9.93. The zero-order valence-electron chi connectivity index (χ0n) is 11.8. The summed E-state index contributed by atoms with van der Waals surface area (Å²) in [6.45, 7) is 3.47. The molecule has 0 atom stereocenters. The Hall–Kier alpha value is -2.09. The summed E-state index contributed by atoms with van der Waals surface area (Å²) in [5, 5.41) is 13.1. The average Bonchev–Trinajstić information content (AvgIpc) is 2.43. The SMILES string of the molecule is CC(C)(CNC(=O)CSc1ccc([N+](=O)[O-])cc1)C(N)=O. The predicted octanol–water partition coefficient (Wildman–Crippen LogP) is 1.31. The number of primary amides is 1. The van der Waals surface area contributed by atoms with Gasteiger partial charge in [0.15, 0.2) is 0 Å². The van der Waals surface area contributed by atoms with Gasteiger partial charge in [-0.1, -0.05) is 0 Å². The van der Waals surface area contributed by atoms with Crippen LogP contribution in [0.4, 0.5) is 5.69 Å². The number of nitrogens with one attached hydrogen (secondary N) is 1. The van der Waals surface area contributed by atoms with Crippen molar-refractivity contribution in [3.63, 3.8) is 0 Å². The first-order valence-electron chi connectivity index (χ1n) is 6.16. The molecule has 0 bridgehead atoms. The van der Waals surface area contributed by atoms with Gasteiger partial charge in [0.05, 0.1) is 16.1 Å². The van der Waals surface area contributed by atoms with Gasteiger partial charge >= 0.3 is 0 Å². The molecule has 8 heteroatoms. The molecule has 0 unspecified atom stereocenters. The Kier molecular flexibility index (Phi) is 5.71. The molecule has 0 aliphatic rings. The minimum Gasteiger partial charge on any atom is -0.369 e. The molecule has 1 aromatic carbocycles. The molecule has 0 fully saturated rings. The summed E-state index contributed by atoms with van der Waals surface area (Å²) in [7, 11) is 0. The van der Waals surface area contributed by atoms with Crippen molar-refractivity contribution in [3.05, 3.63) is 34.4 Å². The molecule has 114 valence electrons. The number of nitro benzene ring substituents is 1. The highest BCUT2D eigenvalue weighted by Gasteiger charge is 2.25. The van der Waals surface area contributed by atoms with Crippen LogP contribution in [0.1, 0.15) is 13.8 Å². The van der Waals surface area contributed by atoms with E-state index in [4.69, 9.17) is 5.73 Å². The summed E-state index contributed by atoms with van der Waals surface area (Å²) in [5.74, 6) is -0.550. The highest BCUT2D eigenvalue weighted by Crippen LogP contribution is 2.21. The van der Waals surface area contributed by atoms with Crippen molar-refractivity contribution >= 4 is 29.3 Å². The van der Waals surface area contributed by atoms with Crippen molar-refractivity contribution in [2.24, 2.45) is 11.1 Å². The van der Waals surface area contributed by atoms with Crippen LogP contribution in [0.3, 0.4) is 0 Å². The summed E-state index contributed by atoms with van der Waals surface area (Å²) in [4.78, 5) is 33.6. The second-order valence-electron chi connectivity index (χ2n) is 5.06. The van der Waals surface area contributed by atoms with E-state index in [1.54, 1.807) is 26.0 Å². The highest BCUT2D eigenvalue weighted by atomic mass is 32.2. The normalized spacial score (nSPS) is 11.0. The molecule has 1 aromatic rings. The summed E-state index contributed by atoms with van der Waals surface area (Å²) >= 11 is 1.26. The fraction of sp³-hybridized carbons (Fsp3) is 0.385. The number of nitrogens with zero attached hydrogens (tertiary/aromatic N) is 1. The van der Waals surface area contributed by atoms with Crippen LogP contribution in [-0.2, 0) is 9.59 Å². The molecule has 2 amide bonds. The number of rotatable bonds is 7. The Morgan fingerprint density at radius 2 is 1.90 bits per heavy atom. The third-order valence-corrected chi connectivity index (χ3v) is 3.82. The van der Waals surface area contributed by atoms with E-state index in [-0.39, 0.29) is 23.9 Å². The summed E-state index contributed by atoms with van der Waals surface area (Å²) in [5.41, 5.74) is 4.42. The van der Waals surface area contributed by atoms with Crippen molar-refractivity contribution in [2.75, 3.05) is 12.3 Å². The van der Waals surface area contributed by atoms with Gasteiger partial charge in [0.1, 0.15) is 0 Å². The maximum absolute atomic E-state index is 11.7. The fourth-order valence-corrected chi connectivity index (χ4v) is 2.00. The minimum absolute atomic E-state index is 0.00649. The lowest BCUT2D eigenvalue weighted by molar-refractivity contribution is -0.384. The topological polar surface area (TPSA) is 115 Å². The monoisotopic (exact) mass is 311 g/mol.